The number of rotatable bonds is 7. The number of hydrogen-bond acceptors (Lipinski definition) is 4. The summed E-state index contributed by atoms with van der Waals surface area (Å²) in [7, 11) is 0. The Hall–Kier alpha value is -3.68. The predicted octanol–water partition coefficient (Wildman–Crippen LogP) is 6.61. The Kier molecular flexibility index (Phi) is 7.26. The molecule has 4 aromatic rings. The van der Waals surface area contributed by atoms with E-state index in [-0.39, 0.29) is 24.4 Å². The van der Waals surface area contributed by atoms with E-state index in [4.69, 9.17) is 28.2 Å². The van der Waals surface area contributed by atoms with Crippen LogP contribution in [0.15, 0.2) is 83.4 Å². The average molecular weight is 531 g/mol. The number of aryl methyl sites for hydroxylation is 2. The fourth-order valence-electron chi connectivity index (χ4n) is 4.55. The van der Waals surface area contributed by atoms with Gasteiger partial charge >= 0.3 is 0 Å². The first-order chi connectivity index (χ1) is 17.9. The predicted molar refractivity (Wildman–Crippen MR) is 150 cm³/mol. The van der Waals surface area contributed by atoms with Gasteiger partial charge in [-0.25, -0.2) is 0 Å². The van der Waals surface area contributed by atoms with Crippen LogP contribution in [0.5, 0.6) is 0 Å². The van der Waals surface area contributed by atoms with Crippen LogP contribution in [0.2, 0.25) is 5.02 Å². The number of nitrogens with zero attached hydrogens (tertiary/aromatic N) is 2. The minimum absolute atomic E-state index is 0.0821. The van der Waals surface area contributed by atoms with Crippen molar-refractivity contribution in [2.45, 2.75) is 32.4 Å². The van der Waals surface area contributed by atoms with E-state index in [9.17, 15) is 4.79 Å². The first-order valence-corrected chi connectivity index (χ1v) is 12.9. The summed E-state index contributed by atoms with van der Waals surface area (Å²) in [6.45, 7) is 4.46. The van der Waals surface area contributed by atoms with Gasteiger partial charge in [-0.1, -0.05) is 41.4 Å². The van der Waals surface area contributed by atoms with E-state index in [2.05, 4.69) is 15.6 Å². The van der Waals surface area contributed by atoms with Crippen LogP contribution in [0, 0.1) is 13.8 Å². The molecule has 2 atom stereocenters. The maximum Gasteiger partial charge on any atom is 0.226 e. The molecular formula is C29H27ClN4O2S. The lowest BCUT2D eigenvalue weighted by molar-refractivity contribution is -0.116. The highest BCUT2D eigenvalue weighted by Crippen LogP contribution is 2.41. The lowest BCUT2D eigenvalue weighted by Gasteiger charge is -2.25. The number of thiocarbonyl (C=S) groups is 1. The highest BCUT2D eigenvalue weighted by molar-refractivity contribution is 7.80. The van der Waals surface area contributed by atoms with E-state index in [1.165, 1.54) is 0 Å². The second-order valence-electron chi connectivity index (χ2n) is 9.15. The van der Waals surface area contributed by atoms with Crippen LogP contribution in [-0.4, -0.2) is 27.4 Å². The van der Waals surface area contributed by atoms with Gasteiger partial charge in [0.1, 0.15) is 17.6 Å². The molecule has 37 heavy (non-hydrogen) atoms. The van der Waals surface area contributed by atoms with Crippen LogP contribution in [-0.2, 0) is 4.79 Å². The summed E-state index contributed by atoms with van der Waals surface area (Å²) in [6.07, 6.45) is 2.03. The highest BCUT2D eigenvalue weighted by Gasteiger charge is 2.41. The van der Waals surface area contributed by atoms with Crippen LogP contribution in [0.4, 0.5) is 5.69 Å². The Balaban J connectivity index is 1.41. The maximum absolute atomic E-state index is 12.8. The molecule has 2 N–H and O–H groups in total. The third kappa shape index (κ3) is 5.53. The smallest absolute Gasteiger partial charge is 0.226 e. The van der Waals surface area contributed by atoms with E-state index < -0.39 is 0 Å². The number of aromatic nitrogens is 1. The molecule has 5 rings (SSSR count). The average Bonchev–Trinajstić information content (AvgIpc) is 3.50. The van der Waals surface area contributed by atoms with Crippen molar-refractivity contribution in [2.75, 3.05) is 11.9 Å². The normalized spacial score (nSPS) is 17.1. The summed E-state index contributed by atoms with van der Waals surface area (Å²) in [6, 6.07) is 22.7. The Morgan fingerprint density at radius 3 is 2.68 bits per heavy atom. The van der Waals surface area contributed by atoms with Crippen molar-refractivity contribution in [1.29, 1.82) is 0 Å². The largest absolute Gasteiger partial charge is 0.459 e. The number of carbonyl (C=O) groups excluding carboxylic acids is 1. The number of furan rings is 1. The molecular weight excluding hydrogens is 504 g/mol. The van der Waals surface area contributed by atoms with Crippen LogP contribution in [0.1, 0.15) is 41.1 Å². The summed E-state index contributed by atoms with van der Waals surface area (Å²) in [4.78, 5) is 19.3. The molecule has 0 spiro atoms. The third-order valence-corrected chi connectivity index (χ3v) is 7.08. The van der Waals surface area contributed by atoms with Crippen molar-refractivity contribution in [1.82, 2.24) is 15.2 Å². The SMILES string of the molecule is Cc1ccc(NC(=O)CCN2C(=S)N[C@@H](c3ccccn3)[C@H]2c2ccc(-c3cc(Cl)ccc3C)o2)cc1. The van der Waals surface area contributed by atoms with Gasteiger partial charge in [-0.05, 0) is 80.2 Å². The van der Waals surface area contributed by atoms with Gasteiger partial charge in [0.15, 0.2) is 5.11 Å². The fraction of sp³-hybridized carbons (Fsp3) is 0.207. The minimum Gasteiger partial charge on any atom is -0.459 e. The van der Waals surface area contributed by atoms with E-state index in [1.54, 1.807) is 6.20 Å². The van der Waals surface area contributed by atoms with Gasteiger partial charge in [0, 0.05) is 35.4 Å². The molecule has 1 fully saturated rings. The van der Waals surface area contributed by atoms with Crippen molar-refractivity contribution in [3.8, 4) is 11.3 Å². The molecule has 1 aliphatic rings. The Morgan fingerprint density at radius 1 is 1.11 bits per heavy atom. The third-order valence-electron chi connectivity index (χ3n) is 6.50. The molecule has 0 bridgehead atoms. The number of hydrogen-bond donors (Lipinski definition) is 2. The molecule has 0 aliphatic carbocycles. The van der Waals surface area contributed by atoms with Crippen LogP contribution < -0.4 is 10.6 Å². The summed E-state index contributed by atoms with van der Waals surface area (Å²) in [5.74, 6) is 1.38. The molecule has 1 saturated heterocycles. The fourth-order valence-corrected chi connectivity index (χ4v) is 5.06. The van der Waals surface area contributed by atoms with Crippen molar-refractivity contribution in [3.05, 3.63) is 107 Å². The standard InChI is InChI=1S/C29H27ClN4O2S/c1-18-6-10-21(11-7-18)32-26(35)14-16-34-28(27(33-29(34)37)23-5-3-4-15-31-23)25-13-12-24(36-25)22-17-20(30)9-8-19(22)2/h3-13,15,17,27-28H,14,16H2,1-2H3,(H,32,35)(H,33,37)/t27-,28+/m0/s1. The number of anilines is 1. The molecule has 2 aromatic heterocycles. The van der Waals surface area contributed by atoms with Crippen LogP contribution in [0.25, 0.3) is 11.3 Å². The number of carbonyl (C=O) groups is 1. The van der Waals surface area contributed by atoms with Gasteiger partial charge in [0.25, 0.3) is 0 Å². The van der Waals surface area contributed by atoms with Crippen molar-refractivity contribution >= 4 is 40.5 Å². The second-order valence-corrected chi connectivity index (χ2v) is 9.97. The number of benzene rings is 2. The quantitative estimate of drug-likeness (QED) is 0.262. The van der Waals surface area contributed by atoms with Crippen LogP contribution in [0.3, 0.4) is 0 Å². The summed E-state index contributed by atoms with van der Waals surface area (Å²) in [5.41, 5.74) is 4.76. The topological polar surface area (TPSA) is 70.4 Å². The zero-order valence-corrected chi connectivity index (χ0v) is 22.1. The van der Waals surface area contributed by atoms with E-state index >= 15 is 0 Å². The van der Waals surface area contributed by atoms with Crippen molar-refractivity contribution in [3.63, 3.8) is 0 Å². The number of halogens is 1. The van der Waals surface area contributed by atoms with Gasteiger partial charge in [-0.15, -0.1) is 0 Å². The molecule has 0 radical (unpaired) electrons. The van der Waals surface area contributed by atoms with Gasteiger partial charge in [-0.3, -0.25) is 9.78 Å². The van der Waals surface area contributed by atoms with Gasteiger partial charge < -0.3 is 20.0 Å². The molecule has 1 amide bonds. The Morgan fingerprint density at radius 2 is 1.92 bits per heavy atom. The van der Waals surface area contributed by atoms with Crippen molar-refractivity contribution in [2.24, 2.45) is 0 Å². The van der Waals surface area contributed by atoms with E-state index in [0.29, 0.717) is 16.7 Å². The number of amides is 1. The number of pyridine rings is 1. The van der Waals surface area contributed by atoms with Gasteiger partial charge in [0.05, 0.1) is 11.7 Å². The Labute approximate surface area is 226 Å². The van der Waals surface area contributed by atoms with E-state index in [1.807, 2.05) is 91.5 Å². The lowest BCUT2D eigenvalue weighted by atomic mass is 10.0. The molecule has 3 heterocycles. The van der Waals surface area contributed by atoms with Crippen LogP contribution >= 0.6 is 23.8 Å². The van der Waals surface area contributed by atoms with Gasteiger partial charge in [0.2, 0.25) is 5.91 Å². The molecule has 188 valence electrons. The summed E-state index contributed by atoms with van der Waals surface area (Å²) < 4.78 is 6.41. The lowest BCUT2D eigenvalue weighted by Crippen LogP contribution is -2.32. The molecule has 0 saturated carbocycles. The molecule has 8 heteroatoms. The van der Waals surface area contributed by atoms with E-state index in [0.717, 1.165) is 39.6 Å². The first kappa shape index (κ1) is 25.0. The second kappa shape index (κ2) is 10.7. The monoisotopic (exact) mass is 530 g/mol. The summed E-state index contributed by atoms with van der Waals surface area (Å²) >= 11 is 12.0. The molecule has 6 nitrogen and oxygen atoms in total. The Bertz CT molecular complexity index is 1420. The highest BCUT2D eigenvalue weighted by atomic mass is 35.5. The molecule has 2 aromatic carbocycles. The van der Waals surface area contributed by atoms with Crippen molar-refractivity contribution < 1.29 is 9.21 Å². The van der Waals surface area contributed by atoms with Gasteiger partial charge in [-0.2, -0.15) is 0 Å². The molecule has 0 unspecified atom stereocenters. The molecule has 1 aliphatic heterocycles. The zero-order chi connectivity index (χ0) is 25.9. The minimum atomic E-state index is -0.275. The zero-order valence-electron chi connectivity index (χ0n) is 20.6. The summed E-state index contributed by atoms with van der Waals surface area (Å²) in [5, 5.41) is 7.57. The maximum atomic E-state index is 12.8. The number of nitrogens with one attached hydrogen (secondary N) is 2. The first-order valence-electron chi connectivity index (χ1n) is 12.1.